The second-order valence-corrected chi connectivity index (χ2v) is 3.59. The van der Waals surface area contributed by atoms with Crippen molar-refractivity contribution >= 4 is 11.7 Å². The van der Waals surface area contributed by atoms with Gasteiger partial charge in [0.2, 0.25) is 5.54 Å². The average Bonchev–Trinajstić information content (AvgIpc) is 2.27. The largest absolute Gasteiger partial charge is 0.479 e. The highest BCUT2D eigenvalue weighted by Gasteiger charge is 2.57. The fourth-order valence-corrected chi connectivity index (χ4v) is 1.11. The molecule has 1 aromatic rings. The van der Waals surface area contributed by atoms with Crippen LogP contribution in [0.1, 0.15) is 12.5 Å². The standard InChI is InChI=1S/C10H8F3N3O2/c1-9(8(17)18,10(11,12)13)16-7-5-15-3-2-6(7)4-14/h2-3,5,16H,1H3,(H,17,18). The van der Waals surface area contributed by atoms with Crippen LogP contribution in [0.5, 0.6) is 0 Å². The Morgan fingerprint density at radius 3 is 2.61 bits per heavy atom. The SMILES string of the molecule is CC(Nc1cnccc1C#N)(C(=O)O)C(F)(F)F. The van der Waals surface area contributed by atoms with E-state index in [1.54, 1.807) is 11.4 Å². The lowest BCUT2D eigenvalue weighted by Gasteiger charge is -2.29. The second-order valence-electron chi connectivity index (χ2n) is 3.59. The van der Waals surface area contributed by atoms with Crippen molar-refractivity contribution in [3.8, 4) is 6.07 Å². The molecule has 1 aromatic heterocycles. The van der Waals surface area contributed by atoms with Gasteiger partial charge in [-0.05, 0) is 13.0 Å². The Bertz CT molecular complexity index is 510. The molecule has 0 spiro atoms. The summed E-state index contributed by atoms with van der Waals surface area (Å²) in [5, 5.41) is 19.2. The van der Waals surface area contributed by atoms with Crippen LogP contribution in [0.3, 0.4) is 0 Å². The summed E-state index contributed by atoms with van der Waals surface area (Å²) in [6.07, 6.45) is -2.84. The van der Waals surface area contributed by atoms with Crippen LogP contribution >= 0.6 is 0 Å². The summed E-state index contributed by atoms with van der Waals surface area (Å²) in [7, 11) is 0. The number of hydrogen-bond acceptors (Lipinski definition) is 4. The quantitative estimate of drug-likeness (QED) is 0.863. The van der Waals surface area contributed by atoms with Gasteiger partial charge < -0.3 is 10.4 Å². The number of pyridine rings is 1. The zero-order valence-electron chi connectivity index (χ0n) is 9.12. The van der Waals surface area contributed by atoms with Crippen molar-refractivity contribution in [2.24, 2.45) is 0 Å². The summed E-state index contributed by atoms with van der Waals surface area (Å²) >= 11 is 0. The van der Waals surface area contributed by atoms with Gasteiger partial charge in [-0.25, -0.2) is 4.79 Å². The lowest BCUT2D eigenvalue weighted by atomic mass is 10.0. The Morgan fingerprint density at radius 2 is 2.17 bits per heavy atom. The molecule has 1 unspecified atom stereocenters. The molecular weight excluding hydrogens is 251 g/mol. The summed E-state index contributed by atoms with van der Waals surface area (Å²) in [5.41, 5.74) is -3.61. The number of carbonyl (C=O) groups is 1. The van der Waals surface area contributed by atoms with Crippen molar-refractivity contribution in [3.05, 3.63) is 24.0 Å². The fraction of sp³-hybridized carbons (Fsp3) is 0.300. The van der Waals surface area contributed by atoms with E-state index in [9.17, 15) is 18.0 Å². The average molecular weight is 259 g/mol. The first kappa shape index (κ1) is 13.8. The van der Waals surface area contributed by atoms with Gasteiger partial charge in [-0.2, -0.15) is 18.4 Å². The van der Waals surface area contributed by atoms with Gasteiger partial charge >= 0.3 is 12.1 Å². The van der Waals surface area contributed by atoms with Gasteiger partial charge in [0.05, 0.1) is 17.4 Å². The van der Waals surface area contributed by atoms with E-state index in [-0.39, 0.29) is 11.3 Å². The molecule has 0 aliphatic heterocycles. The predicted molar refractivity (Wildman–Crippen MR) is 54.7 cm³/mol. The van der Waals surface area contributed by atoms with Crippen LogP contribution in [0.2, 0.25) is 0 Å². The maximum Gasteiger partial charge on any atom is 0.422 e. The van der Waals surface area contributed by atoms with Crippen LogP contribution < -0.4 is 5.32 Å². The topological polar surface area (TPSA) is 86.0 Å². The zero-order chi connectivity index (χ0) is 14.0. The summed E-state index contributed by atoms with van der Waals surface area (Å²) in [6.45, 7) is 0.476. The van der Waals surface area contributed by atoms with Gasteiger partial charge in [0, 0.05) is 6.20 Å². The molecule has 0 aromatic carbocycles. The third kappa shape index (κ3) is 2.34. The van der Waals surface area contributed by atoms with Gasteiger partial charge in [-0.3, -0.25) is 4.98 Å². The number of nitrogens with zero attached hydrogens (tertiary/aromatic N) is 2. The molecular formula is C10H8F3N3O2. The summed E-state index contributed by atoms with van der Waals surface area (Å²) in [6, 6.07) is 2.83. The van der Waals surface area contributed by atoms with Gasteiger partial charge in [0.15, 0.2) is 0 Å². The van der Waals surface area contributed by atoms with Crippen molar-refractivity contribution in [1.29, 1.82) is 5.26 Å². The van der Waals surface area contributed by atoms with Crippen molar-refractivity contribution in [2.75, 3.05) is 5.32 Å². The lowest BCUT2D eigenvalue weighted by Crippen LogP contribution is -2.55. The van der Waals surface area contributed by atoms with Gasteiger partial charge in [-0.1, -0.05) is 0 Å². The molecule has 0 saturated carbocycles. The number of rotatable bonds is 3. The first-order valence-corrected chi connectivity index (χ1v) is 4.65. The number of hydrogen-bond donors (Lipinski definition) is 2. The third-order valence-corrected chi connectivity index (χ3v) is 2.32. The minimum Gasteiger partial charge on any atom is -0.479 e. The molecule has 0 saturated heterocycles. The number of carboxylic acids is 1. The third-order valence-electron chi connectivity index (χ3n) is 2.32. The van der Waals surface area contributed by atoms with Gasteiger partial charge in [0.25, 0.3) is 0 Å². The predicted octanol–water partition coefficient (Wildman–Crippen LogP) is 1.77. The lowest BCUT2D eigenvalue weighted by molar-refractivity contribution is -0.192. The van der Waals surface area contributed by atoms with Crippen molar-refractivity contribution in [2.45, 2.75) is 18.6 Å². The van der Waals surface area contributed by atoms with E-state index >= 15 is 0 Å². The highest BCUT2D eigenvalue weighted by atomic mass is 19.4. The zero-order valence-corrected chi connectivity index (χ0v) is 9.12. The molecule has 1 rings (SSSR count). The van der Waals surface area contributed by atoms with E-state index in [0.717, 1.165) is 6.20 Å². The van der Waals surface area contributed by atoms with Crippen molar-refractivity contribution in [1.82, 2.24) is 4.98 Å². The molecule has 1 atom stereocenters. The number of nitriles is 1. The van der Waals surface area contributed by atoms with Crippen molar-refractivity contribution < 1.29 is 23.1 Å². The van der Waals surface area contributed by atoms with E-state index in [2.05, 4.69) is 4.98 Å². The van der Waals surface area contributed by atoms with Gasteiger partial charge in [-0.15, -0.1) is 0 Å². The van der Waals surface area contributed by atoms with E-state index in [1.807, 2.05) is 0 Å². The smallest absolute Gasteiger partial charge is 0.422 e. The van der Waals surface area contributed by atoms with Crippen molar-refractivity contribution in [3.63, 3.8) is 0 Å². The molecule has 5 nitrogen and oxygen atoms in total. The molecule has 18 heavy (non-hydrogen) atoms. The normalized spacial score (nSPS) is 14.4. The maximum atomic E-state index is 12.7. The second kappa shape index (κ2) is 4.52. The first-order valence-electron chi connectivity index (χ1n) is 4.65. The molecule has 0 aliphatic carbocycles. The van der Waals surface area contributed by atoms with E-state index < -0.39 is 17.7 Å². The molecule has 0 amide bonds. The number of anilines is 1. The van der Waals surface area contributed by atoms with Crippen LogP contribution in [0.4, 0.5) is 18.9 Å². The molecule has 0 fully saturated rings. The fourth-order valence-electron chi connectivity index (χ4n) is 1.11. The number of aromatic nitrogens is 1. The minimum absolute atomic E-state index is 0.123. The number of aliphatic carboxylic acids is 1. The minimum atomic E-state index is -5.03. The summed E-state index contributed by atoms with van der Waals surface area (Å²) in [4.78, 5) is 14.3. The van der Waals surface area contributed by atoms with E-state index in [1.165, 1.54) is 12.3 Å². The Hall–Kier alpha value is -2.30. The van der Waals surface area contributed by atoms with Crippen LogP contribution in [-0.2, 0) is 4.79 Å². The molecule has 0 bridgehead atoms. The number of alkyl halides is 3. The summed E-state index contributed by atoms with van der Waals surface area (Å²) in [5.74, 6) is -2.09. The molecule has 0 aliphatic rings. The van der Waals surface area contributed by atoms with Crippen LogP contribution in [0.15, 0.2) is 18.5 Å². The number of halogens is 3. The summed E-state index contributed by atoms with van der Waals surface area (Å²) < 4.78 is 38.2. The Labute approximate surface area is 99.9 Å². The molecule has 2 N–H and O–H groups in total. The van der Waals surface area contributed by atoms with Gasteiger partial charge in [0.1, 0.15) is 6.07 Å². The molecule has 8 heteroatoms. The van der Waals surface area contributed by atoms with E-state index in [4.69, 9.17) is 10.4 Å². The number of nitrogens with one attached hydrogen (secondary N) is 1. The first-order chi connectivity index (χ1) is 8.22. The molecule has 96 valence electrons. The Balaban J connectivity index is 3.22. The molecule has 0 radical (unpaired) electrons. The number of carboxylic acid groups (broad SMARTS) is 1. The highest BCUT2D eigenvalue weighted by Crippen LogP contribution is 2.34. The van der Waals surface area contributed by atoms with Crippen LogP contribution in [-0.4, -0.2) is 27.8 Å². The maximum absolute atomic E-state index is 12.7. The van der Waals surface area contributed by atoms with Crippen LogP contribution in [0, 0.1) is 11.3 Å². The Kier molecular flexibility index (Phi) is 3.46. The highest BCUT2D eigenvalue weighted by molar-refractivity contribution is 5.84. The van der Waals surface area contributed by atoms with E-state index in [0.29, 0.717) is 6.92 Å². The Morgan fingerprint density at radius 1 is 1.56 bits per heavy atom. The molecule has 1 heterocycles. The monoisotopic (exact) mass is 259 g/mol. The van der Waals surface area contributed by atoms with Crippen LogP contribution in [0.25, 0.3) is 0 Å².